The molecular formula is C17H22N4O4. The van der Waals surface area contributed by atoms with E-state index >= 15 is 0 Å². The number of nitrogens with zero attached hydrogens (tertiary/aromatic N) is 4. The molecule has 0 N–H and O–H groups in total. The molecule has 0 spiro atoms. The van der Waals surface area contributed by atoms with E-state index in [1.54, 1.807) is 0 Å². The van der Waals surface area contributed by atoms with Gasteiger partial charge in [-0.3, -0.25) is 14.5 Å². The summed E-state index contributed by atoms with van der Waals surface area (Å²) in [6.07, 6.45) is 1.29. The number of rotatable bonds is 8. The maximum atomic E-state index is 11.9. The molecule has 0 atom stereocenters. The summed E-state index contributed by atoms with van der Waals surface area (Å²) in [4.78, 5) is 28.4. The van der Waals surface area contributed by atoms with Crippen molar-refractivity contribution in [2.24, 2.45) is 11.0 Å². The Hall–Kier alpha value is -2.57. The van der Waals surface area contributed by atoms with E-state index in [-0.39, 0.29) is 44.2 Å². The quantitative estimate of drug-likeness (QED) is 0.236. The van der Waals surface area contributed by atoms with Crippen LogP contribution in [0.4, 0.5) is 0 Å². The van der Waals surface area contributed by atoms with Crippen LogP contribution in [0.5, 0.6) is 0 Å². The minimum Gasteiger partial charge on any atom is -0.465 e. The number of carbonyl (C=O) groups excluding carboxylic acids is 2. The third-order valence-electron chi connectivity index (χ3n) is 4.02. The monoisotopic (exact) mass is 346 g/mol. The van der Waals surface area contributed by atoms with E-state index in [1.807, 2.05) is 35.2 Å². The molecule has 8 nitrogen and oxygen atoms in total. The SMILES string of the molecule is [N-]=[N+]=NCCOC(=O)C1CCN(CC(=O)OCc2ccccc2)CC1. The smallest absolute Gasteiger partial charge is 0.320 e. The van der Waals surface area contributed by atoms with Gasteiger partial charge in [-0.2, -0.15) is 0 Å². The third kappa shape index (κ3) is 6.82. The molecular weight excluding hydrogens is 324 g/mol. The molecule has 2 rings (SSSR count). The molecule has 0 amide bonds. The van der Waals surface area contributed by atoms with Crippen LogP contribution in [-0.2, 0) is 25.7 Å². The summed E-state index contributed by atoms with van der Waals surface area (Å²) in [5.41, 5.74) is 9.12. The second-order valence-corrected chi connectivity index (χ2v) is 5.82. The van der Waals surface area contributed by atoms with E-state index in [4.69, 9.17) is 15.0 Å². The predicted octanol–water partition coefficient (Wildman–Crippen LogP) is 2.30. The standard InChI is InChI=1S/C17H22N4O4/c18-20-19-8-11-24-17(23)15-6-9-21(10-7-15)12-16(22)25-13-14-4-2-1-3-5-14/h1-5,15H,6-13H2. The molecule has 1 aromatic rings. The second-order valence-electron chi connectivity index (χ2n) is 5.82. The first-order valence-electron chi connectivity index (χ1n) is 8.28. The number of azide groups is 1. The molecule has 0 aliphatic carbocycles. The highest BCUT2D eigenvalue weighted by Gasteiger charge is 2.27. The van der Waals surface area contributed by atoms with Crippen molar-refractivity contribution in [2.45, 2.75) is 19.4 Å². The molecule has 0 radical (unpaired) electrons. The summed E-state index contributed by atoms with van der Waals surface area (Å²) >= 11 is 0. The summed E-state index contributed by atoms with van der Waals surface area (Å²) in [6, 6.07) is 9.54. The van der Waals surface area contributed by atoms with Crippen molar-refractivity contribution in [2.75, 3.05) is 32.8 Å². The lowest BCUT2D eigenvalue weighted by Gasteiger charge is -2.29. The minimum atomic E-state index is -0.265. The number of benzene rings is 1. The highest BCUT2D eigenvalue weighted by Crippen LogP contribution is 2.18. The summed E-state index contributed by atoms with van der Waals surface area (Å²) in [5, 5.41) is 3.32. The maximum Gasteiger partial charge on any atom is 0.320 e. The van der Waals surface area contributed by atoms with Crippen LogP contribution in [0.25, 0.3) is 10.4 Å². The average molecular weight is 346 g/mol. The van der Waals surface area contributed by atoms with Gasteiger partial charge in [0.25, 0.3) is 0 Å². The number of hydrogen-bond donors (Lipinski definition) is 0. The molecule has 0 unspecified atom stereocenters. The number of piperidine rings is 1. The maximum absolute atomic E-state index is 11.9. The van der Waals surface area contributed by atoms with Gasteiger partial charge in [-0.1, -0.05) is 35.4 Å². The van der Waals surface area contributed by atoms with Gasteiger partial charge in [-0.05, 0) is 37.0 Å². The largest absolute Gasteiger partial charge is 0.465 e. The van der Waals surface area contributed by atoms with E-state index in [1.165, 1.54) is 0 Å². The molecule has 0 saturated carbocycles. The van der Waals surface area contributed by atoms with Crippen molar-refractivity contribution in [3.05, 3.63) is 46.3 Å². The van der Waals surface area contributed by atoms with Crippen LogP contribution in [-0.4, -0.2) is 49.6 Å². The molecule has 1 aliphatic heterocycles. The summed E-state index contributed by atoms with van der Waals surface area (Å²) in [7, 11) is 0. The lowest BCUT2D eigenvalue weighted by molar-refractivity contribution is -0.150. The Balaban J connectivity index is 1.63. The van der Waals surface area contributed by atoms with E-state index in [0.717, 1.165) is 5.56 Å². The topological polar surface area (TPSA) is 105 Å². The zero-order valence-corrected chi connectivity index (χ0v) is 14.0. The van der Waals surface area contributed by atoms with Crippen LogP contribution in [0, 0.1) is 5.92 Å². The van der Waals surface area contributed by atoms with Crippen LogP contribution in [0.2, 0.25) is 0 Å². The van der Waals surface area contributed by atoms with Crippen LogP contribution >= 0.6 is 0 Å². The van der Waals surface area contributed by atoms with Crippen molar-refractivity contribution in [3.63, 3.8) is 0 Å². The first kappa shape index (κ1) is 18.8. The number of ether oxygens (including phenoxy) is 2. The number of esters is 2. The van der Waals surface area contributed by atoms with Crippen molar-refractivity contribution in [1.82, 2.24) is 4.90 Å². The normalized spacial score (nSPS) is 15.2. The van der Waals surface area contributed by atoms with E-state index in [9.17, 15) is 9.59 Å². The third-order valence-corrected chi connectivity index (χ3v) is 4.02. The molecule has 1 heterocycles. The molecule has 1 aliphatic rings. The molecule has 134 valence electrons. The Morgan fingerprint density at radius 2 is 1.92 bits per heavy atom. The average Bonchev–Trinajstić information content (AvgIpc) is 2.65. The predicted molar refractivity (Wildman–Crippen MR) is 90.4 cm³/mol. The van der Waals surface area contributed by atoms with Gasteiger partial charge in [0, 0.05) is 4.91 Å². The van der Waals surface area contributed by atoms with Gasteiger partial charge >= 0.3 is 11.9 Å². The molecule has 0 aromatic heterocycles. The molecule has 8 heteroatoms. The summed E-state index contributed by atoms with van der Waals surface area (Å²) in [6.45, 7) is 2.05. The van der Waals surface area contributed by atoms with Crippen molar-refractivity contribution >= 4 is 11.9 Å². The van der Waals surface area contributed by atoms with Crippen molar-refractivity contribution in [3.8, 4) is 0 Å². The molecule has 1 saturated heterocycles. The fraction of sp³-hybridized carbons (Fsp3) is 0.529. The number of carbonyl (C=O) groups is 2. The lowest BCUT2D eigenvalue weighted by atomic mass is 9.97. The summed E-state index contributed by atoms with van der Waals surface area (Å²) in [5.74, 6) is -0.693. The van der Waals surface area contributed by atoms with Crippen LogP contribution in [0.15, 0.2) is 35.4 Å². The van der Waals surface area contributed by atoms with Gasteiger partial charge < -0.3 is 9.47 Å². The van der Waals surface area contributed by atoms with Crippen molar-refractivity contribution < 1.29 is 19.1 Å². The van der Waals surface area contributed by atoms with Crippen LogP contribution in [0.1, 0.15) is 18.4 Å². The first-order chi connectivity index (χ1) is 12.2. The van der Waals surface area contributed by atoms with E-state index in [2.05, 4.69) is 10.0 Å². The fourth-order valence-corrected chi connectivity index (χ4v) is 2.64. The highest BCUT2D eigenvalue weighted by atomic mass is 16.5. The van der Waals surface area contributed by atoms with Crippen LogP contribution in [0.3, 0.4) is 0 Å². The Bertz CT molecular complexity index is 608. The van der Waals surface area contributed by atoms with Crippen molar-refractivity contribution in [1.29, 1.82) is 0 Å². The lowest BCUT2D eigenvalue weighted by Crippen LogP contribution is -2.40. The van der Waals surface area contributed by atoms with Crippen LogP contribution < -0.4 is 0 Å². The van der Waals surface area contributed by atoms with Gasteiger partial charge in [0.15, 0.2) is 0 Å². The first-order valence-corrected chi connectivity index (χ1v) is 8.28. The Kier molecular flexibility index (Phi) is 7.75. The zero-order chi connectivity index (χ0) is 17.9. The molecule has 1 fully saturated rings. The summed E-state index contributed by atoms with van der Waals surface area (Å²) < 4.78 is 10.3. The van der Waals surface area contributed by atoms with E-state index in [0.29, 0.717) is 25.9 Å². The van der Waals surface area contributed by atoms with Gasteiger partial charge in [-0.25, -0.2) is 0 Å². The van der Waals surface area contributed by atoms with Gasteiger partial charge in [0.05, 0.1) is 25.6 Å². The number of hydrogen-bond acceptors (Lipinski definition) is 6. The molecule has 1 aromatic carbocycles. The highest BCUT2D eigenvalue weighted by molar-refractivity contribution is 5.73. The number of likely N-dealkylation sites (tertiary alicyclic amines) is 1. The molecule has 25 heavy (non-hydrogen) atoms. The Labute approximate surface area is 146 Å². The second kappa shape index (κ2) is 10.3. The van der Waals surface area contributed by atoms with E-state index < -0.39 is 0 Å². The Morgan fingerprint density at radius 3 is 2.60 bits per heavy atom. The fourth-order valence-electron chi connectivity index (χ4n) is 2.64. The Morgan fingerprint density at radius 1 is 1.20 bits per heavy atom. The van der Waals surface area contributed by atoms with Gasteiger partial charge in [0.1, 0.15) is 6.61 Å². The zero-order valence-electron chi connectivity index (χ0n) is 14.0. The van der Waals surface area contributed by atoms with Gasteiger partial charge in [0.2, 0.25) is 0 Å². The minimum absolute atomic E-state index is 0.106. The molecule has 0 bridgehead atoms. The van der Waals surface area contributed by atoms with Gasteiger partial charge in [-0.15, -0.1) is 0 Å².